The van der Waals surface area contributed by atoms with Crippen LogP contribution in [0.5, 0.6) is 0 Å². The van der Waals surface area contributed by atoms with E-state index in [1.165, 1.54) is 37.1 Å². The molecule has 6 heteroatoms. The van der Waals surface area contributed by atoms with E-state index in [9.17, 15) is 0 Å². The highest BCUT2D eigenvalue weighted by Gasteiger charge is 2.31. The maximum absolute atomic E-state index is 5.60. The molecule has 0 spiro atoms. The van der Waals surface area contributed by atoms with Crippen molar-refractivity contribution < 1.29 is 9.15 Å². The number of anilines is 2. The van der Waals surface area contributed by atoms with Gasteiger partial charge in [0, 0.05) is 50.6 Å². The van der Waals surface area contributed by atoms with E-state index < -0.39 is 0 Å². The minimum atomic E-state index is 0. The summed E-state index contributed by atoms with van der Waals surface area (Å²) in [5.41, 5.74) is 4.94. The monoisotopic (exact) mass is 473 g/mol. The zero-order valence-corrected chi connectivity index (χ0v) is 21.1. The van der Waals surface area contributed by atoms with E-state index in [1.807, 2.05) is 6.07 Å². The highest BCUT2D eigenvalue weighted by Crippen LogP contribution is 2.45. The van der Waals surface area contributed by atoms with Gasteiger partial charge < -0.3 is 19.0 Å². The van der Waals surface area contributed by atoms with Crippen molar-refractivity contribution >= 4 is 23.8 Å². The van der Waals surface area contributed by atoms with Crippen LogP contribution in [-0.4, -0.2) is 57.4 Å². The van der Waals surface area contributed by atoms with Gasteiger partial charge >= 0.3 is 0 Å². The number of halogens is 1. The summed E-state index contributed by atoms with van der Waals surface area (Å²) in [5, 5.41) is 0. The number of piperazine rings is 1. The average molecular weight is 474 g/mol. The van der Waals surface area contributed by atoms with Crippen LogP contribution in [0.3, 0.4) is 0 Å². The van der Waals surface area contributed by atoms with E-state index in [4.69, 9.17) is 9.15 Å². The molecular formula is C27H40ClN3O2. The van der Waals surface area contributed by atoms with E-state index in [1.54, 1.807) is 11.8 Å². The Morgan fingerprint density at radius 2 is 1.64 bits per heavy atom. The third kappa shape index (κ3) is 5.87. The molecule has 0 bridgehead atoms. The van der Waals surface area contributed by atoms with Gasteiger partial charge in [0.05, 0.1) is 26.0 Å². The molecule has 0 atom stereocenters. The number of rotatable bonds is 5. The van der Waals surface area contributed by atoms with E-state index in [0.29, 0.717) is 11.3 Å². The van der Waals surface area contributed by atoms with Gasteiger partial charge in [-0.2, -0.15) is 0 Å². The molecule has 2 saturated heterocycles. The predicted molar refractivity (Wildman–Crippen MR) is 138 cm³/mol. The predicted octanol–water partition coefficient (Wildman–Crippen LogP) is 5.54. The molecule has 3 fully saturated rings. The van der Waals surface area contributed by atoms with Crippen molar-refractivity contribution in [2.45, 2.75) is 52.0 Å². The molecule has 3 aliphatic rings. The highest BCUT2D eigenvalue weighted by molar-refractivity contribution is 5.85. The normalized spacial score (nSPS) is 22.2. The number of benzene rings is 1. The zero-order valence-electron chi connectivity index (χ0n) is 20.3. The van der Waals surface area contributed by atoms with E-state index in [-0.39, 0.29) is 12.4 Å². The number of ether oxygens (including phenoxy) is 1. The largest absolute Gasteiger partial charge is 0.468 e. The lowest BCUT2D eigenvalue weighted by molar-refractivity contribution is 0.122. The van der Waals surface area contributed by atoms with E-state index in [2.05, 4.69) is 52.8 Å². The minimum Gasteiger partial charge on any atom is -0.468 e. The van der Waals surface area contributed by atoms with E-state index >= 15 is 0 Å². The van der Waals surface area contributed by atoms with Crippen LogP contribution < -0.4 is 9.80 Å². The van der Waals surface area contributed by atoms with Crippen LogP contribution in [0.2, 0.25) is 0 Å². The van der Waals surface area contributed by atoms with Crippen LogP contribution in [0, 0.1) is 5.41 Å². The van der Waals surface area contributed by atoms with Gasteiger partial charge in [-0.1, -0.05) is 13.8 Å². The fourth-order valence-corrected chi connectivity index (χ4v) is 5.66. The first kappa shape index (κ1) is 24.4. The Morgan fingerprint density at radius 3 is 2.30 bits per heavy atom. The van der Waals surface area contributed by atoms with Crippen molar-refractivity contribution in [2.75, 3.05) is 62.3 Å². The molecule has 2 aliphatic heterocycles. The molecule has 1 saturated carbocycles. The molecule has 182 valence electrons. The number of hydrogen-bond donors (Lipinski definition) is 0. The maximum Gasteiger partial charge on any atom is 0.117 e. The van der Waals surface area contributed by atoms with Crippen LogP contribution in [0.1, 0.15) is 56.8 Å². The standard InChI is InChI=1S/C27H39N3O2.ClH/c1-27(2)9-7-22(8-10-27)25-20-23(29-15-18-31-19-16-29)5-6-26(25)30-13-11-28(12-14-30)21-24-4-3-17-32-24;/h3-6,17,20,22H,7-16,18-19,21H2,1-2H3;1H. The third-order valence-electron chi connectivity index (χ3n) is 7.84. The first-order chi connectivity index (χ1) is 15.6. The topological polar surface area (TPSA) is 32.1 Å². The van der Waals surface area contributed by atoms with Gasteiger partial charge in [0.1, 0.15) is 5.76 Å². The Kier molecular flexibility index (Phi) is 7.93. The smallest absolute Gasteiger partial charge is 0.117 e. The van der Waals surface area contributed by atoms with Gasteiger partial charge in [-0.15, -0.1) is 12.4 Å². The Bertz CT molecular complexity index is 861. The fraction of sp³-hybridized carbons (Fsp3) is 0.630. The summed E-state index contributed by atoms with van der Waals surface area (Å²) in [6, 6.07) is 11.4. The van der Waals surface area contributed by atoms with Gasteiger partial charge in [-0.25, -0.2) is 0 Å². The second-order valence-electron chi connectivity index (χ2n) is 10.6. The summed E-state index contributed by atoms with van der Waals surface area (Å²) in [4.78, 5) is 7.65. The number of furan rings is 1. The molecule has 5 nitrogen and oxygen atoms in total. The lowest BCUT2D eigenvalue weighted by Gasteiger charge is -2.40. The molecule has 0 N–H and O–H groups in total. The van der Waals surface area contributed by atoms with Gasteiger partial charge in [-0.3, -0.25) is 4.90 Å². The minimum absolute atomic E-state index is 0. The molecule has 3 heterocycles. The molecule has 1 aromatic carbocycles. The number of nitrogens with zero attached hydrogens (tertiary/aromatic N) is 3. The van der Waals surface area contributed by atoms with Crippen molar-refractivity contribution in [3.8, 4) is 0 Å². The Hall–Kier alpha value is -1.69. The summed E-state index contributed by atoms with van der Waals surface area (Å²) in [6.45, 7) is 13.8. The van der Waals surface area contributed by atoms with Gasteiger partial charge in [0.2, 0.25) is 0 Å². The molecule has 1 aliphatic carbocycles. The summed E-state index contributed by atoms with van der Waals surface area (Å²) in [5.74, 6) is 1.75. The zero-order chi connectivity index (χ0) is 22.0. The number of hydrogen-bond acceptors (Lipinski definition) is 5. The maximum atomic E-state index is 5.60. The third-order valence-corrected chi connectivity index (χ3v) is 7.84. The molecule has 0 unspecified atom stereocenters. The molecule has 33 heavy (non-hydrogen) atoms. The molecule has 2 aromatic rings. The second-order valence-corrected chi connectivity index (χ2v) is 10.6. The van der Waals surface area contributed by atoms with Crippen LogP contribution in [0.4, 0.5) is 11.4 Å². The summed E-state index contributed by atoms with van der Waals surface area (Å²) in [7, 11) is 0. The first-order valence-electron chi connectivity index (χ1n) is 12.5. The molecule has 1 aromatic heterocycles. The second kappa shape index (κ2) is 10.7. The Labute approximate surface area is 205 Å². The van der Waals surface area contributed by atoms with Crippen molar-refractivity contribution in [1.82, 2.24) is 4.90 Å². The summed E-state index contributed by atoms with van der Waals surface area (Å²) >= 11 is 0. The quantitative estimate of drug-likeness (QED) is 0.568. The summed E-state index contributed by atoms with van der Waals surface area (Å²) < 4.78 is 11.2. The lowest BCUT2D eigenvalue weighted by Crippen LogP contribution is -2.46. The fourth-order valence-electron chi connectivity index (χ4n) is 5.66. The van der Waals surface area contributed by atoms with Crippen molar-refractivity contribution in [2.24, 2.45) is 5.41 Å². The van der Waals surface area contributed by atoms with Gasteiger partial charge in [0.15, 0.2) is 0 Å². The first-order valence-corrected chi connectivity index (χ1v) is 12.5. The molecule has 0 amide bonds. The SMILES string of the molecule is CC1(C)CCC(c2cc(N3CCOCC3)ccc2N2CCN(Cc3ccco3)CC2)CC1.Cl. The molecule has 5 rings (SSSR count). The van der Waals surface area contributed by atoms with Crippen LogP contribution in [-0.2, 0) is 11.3 Å². The Balaban J connectivity index is 0.00000259. The molecule has 0 radical (unpaired) electrons. The average Bonchev–Trinajstić information content (AvgIpc) is 3.33. The van der Waals surface area contributed by atoms with Crippen LogP contribution in [0.15, 0.2) is 41.0 Å². The van der Waals surface area contributed by atoms with E-state index in [0.717, 1.165) is 64.8 Å². The van der Waals surface area contributed by atoms with Gasteiger partial charge in [-0.05, 0) is 72.9 Å². The van der Waals surface area contributed by atoms with Crippen molar-refractivity contribution in [1.29, 1.82) is 0 Å². The summed E-state index contributed by atoms with van der Waals surface area (Å²) in [6.07, 6.45) is 7.06. The van der Waals surface area contributed by atoms with Crippen molar-refractivity contribution in [3.63, 3.8) is 0 Å². The molecular weight excluding hydrogens is 434 g/mol. The van der Waals surface area contributed by atoms with Crippen LogP contribution in [0.25, 0.3) is 0 Å². The lowest BCUT2D eigenvalue weighted by atomic mass is 9.71. The highest BCUT2D eigenvalue weighted by atomic mass is 35.5. The van der Waals surface area contributed by atoms with Crippen molar-refractivity contribution in [3.05, 3.63) is 47.9 Å². The Morgan fingerprint density at radius 1 is 0.909 bits per heavy atom. The van der Waals surface area contributed by atoms with Gasteiger partial charge in [0.25, 0.3) is 0 Å². The van der Waals surface area contributed by atoms with Crippen LogP contribution >= 0.6 is 12.4 Å². The number of morpholine rings is 1.